The number of hydrogen-bond acceptors (Lipinski definition) is 7. The van der Waals surface area contributed by atoms with Crippen LogP contribution in [0.15, 0.2) is 38.6 Å². The topological polar surface area (TPSA) is 185 Å². The van der Waals surface area contributed by atoms with Crippen molar-refractivity contribution < 1.29 is 5.48 Å². The molecule has 126 valence electrons. The van der Waals surface area contributed by atoms with Crippen LogP contribution < -0.4 is 16.8 Å². The number of H-pyrrole nitrogens is 3. The van der Waals surface area contributed by atoms with Gasteiger partial charge in [0.05, 0.1) is 5.69 Å². The molecule has 0 bridgehead atoms. The lowest BCUT2D eigenvalue weighted by Gasteiger charge is -2.09. The zero-order chi connectivity index (χ0) is 17.3. The first-order valence-corrected chi connectivity index (χ1v) is 6.84. The molecular weight excluding hydrogens is 350 g/mol. The summed E-state index contributed by atoms with van der Waals surface area (Å²) in [6.45, 7) is 0. The van der Waals surface area contributed by atoms with Gasteiger partial charge in [-0.05, 0) is 18.3 Å². The van der Waals surface area contributed by atoms with Crippen molar-refractivity contribution in [3.8, 4) is 23.0 Å². The highest BCUT2D eigenvalue weighted by molar-refractivity contribution is 7.71. The number of para-hydroxylation sites is 1. The number of nitrogens with one attached hydrogen (secondary N) is 3. The molecule has 0 radical (unpaired) electrons. The van der Waals surface area contributed by atoms with Gasteiger partial charge in [-0.1, -0.05) is 18.2 Å². The van der Waals surface area contributed by atoms with Crippen molar-refractivity contribution in [2.75, 3.05) is 0 Å². The molecular formula is C13H9N7O4S. The van der Waals surface area contributed by atoms with Gasteiger partial charge >= 0.3 is 5.69 Å². The Morgan fingerprint density at radius 2 is 1.84 bits per heavy atom. The number of benzene rings is 1. The molecule has 0 amide bonds. The Balaban J connectivity index is 0.00000225. The standard InChI is InChI=1S/C13H7N7O3S.H2O/c14-5-7-10(21)16-13(23)20(19-7)8-4-2-1-3-6(8)9-11(22)15-12(24)18-17-9;/h1-4H,(H,16,21,23)(H2,15,18,22,24);1H2. The zero-order valence-electron chi connectivity index (χ0n) is 12.2. The Morgan fingerprint density at radius 3 is 2.52 bits per heavy atom. The van der Waals surface area contributed by atoms with Crippen molar-refractivity contribution in [3.05, 3.63) is 65.9 Å². The molecule has 0 fully saturated rings. The van der Waals surface area contributed by atoms with E-state index in [0.29, 0.717) is 0 Å². The first kappa shape index (κ1) is 17.7. The molecule has 1 aromatic carbocycles. The predicted octanol–water partition coefficient (Wildman–Crippen LogP) is -1.22. The van der Waals surface area contributed by atoms with Crippen LogP contribution in [0.3, 0.4) is 0 Å². The highest BCUT2D eigenvalue weighted by atomic mass is 32.1. The lowest BCUT2D eigenvalue weighted by molar-refractivity contribution is 0.740. The normalized spacial score (nSPS) is 9.88. The van der Waals surface area contributed by atoms with E-state index in [0.717, 1.165) is 4.68 Å². The second-order valence-electron chi connectivity index (χ2n) is 4.50. The third kappa shape index (κ3) is 3.17. The van der Waals surface area contributed by atoms with Crippen LogP contribution in [0.4, 0.5) is 0 Å². The third-order valence-electron chi connectivity index (χ3n) is 3.03. The molecule has 3 rings (SSSR count). The lowest BCUT2D eigenvalue weighted by atomic mass is 10.1. The molecule has 5 N–H and O–H groups in total. The predicted molar refractivity (Wildman–Crippen MR) is 87.8 cm³/mol. The van der Waals surface area contributed by atoms with Crippen molar-refractivity contribution in [1.29, 1.82) is 5.26 Å². The summed E-state index contributed by atoms with van der Waals surface area (Å²) in [7, 11) is 0. The van der Waals surface area contributed by atoms with Crippen LogP contribution in [0.5, 0.6) is 0 Å². The average molecular weight is 359 g/mol. The largest absolute Gasteiger partial charge is 0.412 e. The summed E-state index contributed by atoms with van der Waals surface area (Å²) in [5.41, 5.74) is -2.41. The molecule has 0 unspecified atom stereocenters. The second kappa shape index (κ2) is 6.83. The third-order valence-corrected chi connectivity index (χ3v) is 3.23. The second-order valence-corrected chi connectivity index (χ2v) is 4.91. The molecule has 0 saturated heterocycles. The van der Waals surface area contributed by atoms with E-state index in [4.69, 9.17) is 17.5 Å². The van der Waals surface area contributed by atoms with E-state index < -0.39 is 22.5 Å². The highest BCUT2D eigenvalue weighted by Crippen LogP contribution is 2.20. The number of nitriles is 1. The fourth-order valence-electron chi connectivity index (χ4n) is 2.03. The summed E-state index contributed by atoms with van der Waals surface area (Å²) in [4.78, 5) is 39.9. The van der Waals surface area contributed by atoms with Gasteiger partial charge in [0.25, 0.3) is 11.1 Å². The van der Waals surface area contributed by atoms with E-state index in [1.165, 1.54) is 12.1 Å². The molecule has 3 aromatic rings. The maximum absolute atomic E-state index is 12.1. The summed E-state index contributed by atoms with van der Waals surface area (Å²) in [6, 6.07) is 7.85. The fourth-order valence-corrected chi connectivity index (χ4v) is 2.16. The van der Waals surface area contributed by atoms with E-state index in [2.05, 4.69) is 20.3 Å². The molecule has 25 heavy (non-hydrogen) atoms. The van der Waals surface area contributed by atoms with E-state index in [9.17, 15) is 14.4 Å². The van der Waals surface area contributed by atoms with Gasteiger partial charge in [0.2, 0.25) is 5.69 Å². The fraction of sp³-hybridized carbons (Fsp3) is 0. The molecule has 11 nitrogen and oxygen atoms in total. The molecule has 12 heteroatoms. The van der Waals surface area contributed by atoms with Crippen molar-refractivity contribution in [3.63, 3.8) is 0 Å². The SMILES string of the molecule is N#Cc1nn(-c2ccccc2-c2n[nH]c(=S)[nH]c2=O)c(=O)[nH]c1=O.O. The van der Waals surface area contributed by atoms with Gasteiger partial charge in [0, 0.05) is 5.56 Å². The van der Waals surface area contributed by atoms with Crippen LogP contribution in [0, 0.1) is 16.1 Å². The average Bonchev–Trinajstić information content (AvgIpc) is 2.55. The van der Waals surface area contributed by atoms with Crippen LogP contribution in [0.25, 0.3) is 16.9 Å². The number of hydrogen-bond donors (Lipinski definition) is 3. The number of nitrogens with zero attached hydrogens (tertiary/aromatic N) is 4. The van der Waals surface area contributed by atoms with Crippen molar-refractivity contribution in [2.24, 2.45) is 0 Å². The van der Waals surface area contributed by atoms with Gasteiger partial charge in [-0.3, -0.25) is 24.7 Å². The van der Waals surface area contributed by atoms with Crippen molar-refractivity contribution in [1.82, 2.24) is 29.9 Å². The molecule has 0 atom stereocenters. The van der Waals surface area contributed by atoms with Gasteiger partial charge in [0.1, 0.15) is 6.07 Å². The monoisotopic (exact) mass is 359 g/mol. The first-order chi connectivity index (χ1) is 11.5. The van der Waals surface area contributed by atoms with Crippen LogP contribution in [-0.4, -0.2) is 35.4 Å². The summed E-state index contributed by atoms with van der Waals surface area (Å²) < 4.78 is 0.866. The zero-order valence-corrected chi connectivity index (χ0v) is 13.0. The van der Waals surface area contributed by atoms with Crippen LogP contribution in [0.1, 0.15) is 5.69 Å². The van der Waals surface area contributed by atoms with Crippen LogP contribution in [0.2, 0.25) is 0 Å². The smallest absolute Gasteiger partial charge is 0.349 e. The molecule has 0 aliphatic heterocycles. The molecule has 0 aliphatic rings. The molecule has 0 spiro atoms. The Hall–Kier alpha value is -3.69. The molecule has 2 heterocycles. The summed E-state index contributed by atoms with van der Waals surface area (Å²) in [5.74, 6) is 0. The summed E-state index contributed by atoms with van der Waals surface area (Å²) in [5, 5.41) is 19.0. The minimum atomic E-state index is -0.893. The first-order valence-electron chi connectivity index (χ1n) is 6.44. The molecule has 0 aliphatic carbocycles. The minimum absolute atomic E-state index is 0. The van der Waals surface area contributed by atoms with Crippen molar-refractivity contribution >= 4 is 12.2 Å². The van der Waals surface area contributed by atoms with Gasteiger partial charge in [-0.25, -0.2) is 4.79 Å². The Bertz CT molecular complexity index is 1210. The van der Waals surface area contributed by atoms with E-state index in [-0.39, 0.29) is 27.2 Å². The van der Waals surface area contributed by atoms with Gasteiger partial charge < -0.3 is 5.48 Å². The van der Waals surface area contributed by atoms with Crippen molar-refractivity contribution in [2.45, 2.75) is 0 Å². The Labute approximate surface area is 142 Å². The summed E-state index contributed by atoms with van der Waals surface area (Å²) >= 11 is 4.79. The lowest BCUT2D eigenvalue weighted by Crippen LogP contribution is -2.33. The van der Waals surface area contributed by atoms with E-state index in [1.54, 1.807) is 18.2 Å². The van der Waals surface area contributed by atoms with E-state index >= 15 is 0 Å². The maximum Gasteiger partial charge on any atom is 0.349 e. The van der Waals surface area contributed by atoms with Gasteiger partial charge in [0.15, 0.2) is 10.5 Å². The van der Waals surface area contributed by atoms with E-state index in [1.807, 2.05) is 4.98 Å². The number of aromatic amines is 3. The molecule has 0 saturated carbocycles. The van der Waals surface area contributed by atoms with Crippen LogP contribution >= 0.6 is 12.2 Å². The minimum Gasteiger partial charge on any atom is -0.412 e. The van der Waals surface area contributed by atoms with Gasteiger partial charge in [-0.2, -0.15) is 15.0 Å². The number of rotatable bonds is 2. The number of aromatic nitrogens is 6. The maximum atomic E-state index is 12.1. The Kier molecular flexibility index (Phi) is 4.82. The summed E-state index contributed by atoms with van der Waals surface area (Å²) in [6.07, 6.45) is 0. The van der Waals surface area contributed by atoms with Gasteiger partial charge in [-0.15, -0.1) is 5.10 Å². The van der Waals surface area contributed by atoms with Crippen LogP contribution in [-0.2, 0) is 0 Å². The molecule has 2 aromatic heterocycles. The Morgan fingerprint density at radius 1 is 1.12 bits per heavy atom. The quantitative estimate of drug-likeness (QED) is 0.478. The highest BCUT2D eigenvalue weighted by Gasteiger charge is 2.15.